The molecule has 0 saturated heterocycles. The van der Waals surface area contributed by atoms with Crippen molar-refractivity contribution < 1.29 is 19.4 Å². The molecular weight excluding hydrogens is 378 g/mol. The van der Waals surface area contributed by atoms with Gasteiger partial charge in [-0.3, -0.25) is 4.79 Å². The number of carboxylic acids is 1. The van der Waals surface area contributed by atoms with Crippen LogP contribution >= 0.6 is 0 Å². The zero-order valence-electron chi connectivity index (χ0n) is 17.0. The average molecular weight is 405 g/mol. The van der Waals surface area contributed by atoms with Gasteiger partial charge in [0.2, 0.25) is 0 Å². The van der Waals surface area contributed by atoms with Gasteiger partial charge in [-0.25, -0.2) is 4.79 Å². The van der Waals surface area contributed by atoms with Crippen LogP contribution in [0.4, 0.5) is 5.69 Å². The van der Waals surface area contributed by atoms with Crippen LogP contribution in [0.1, 0.15) is 54.4 Å². The van der Waals surface area contributed by atoms with E-state index in [1.165, 1.54) is 50.2 Å². The molecule has 1 amide bonds. The van der Waals surface area contributed by atoms with Crippen molar-refractivity contribution >= 4 is 17.6 Å². The zero-order valence-corrected chi connectivity index (χ0v) is 17.0. The molecule has 0 spiro atoms. The van der Waals surface area contributed by atoms with Gasteiger partial charge in [0.1, 0.15) is 5.75 Å². The fourth-order valence-corrected chi connectivity index (χ4v) is 6.48. The van der Waals surface area contributed by atoms with Crippen LogP contribution in [0.3, 0.4) is 0 Å². The normalized spacial score (nSPS) is 28.9. The molecule has 0 radical (unpaired) electrons. The Labute approximate surface area is 176 Å². The maximum Gasteiger partial charge on any atom is 0.337 e. The van der Waals surface area contributed by atoms with E-state index in [1.807, 2.05) is 12.1 Å². The van der Waals surface area contributed by atoms with E-state index in [-0.39, 0.29) is 23.8 Å². The van der Waals surface area contributed by atoms with Crippen LogP contribution in [0.25, 0.3) is 0 Å². The number of hydrogen-bond donors (Lipinski definition) is 2. The highest BCUT2D eigenvalue weighted by molar-refractivity contribution is 6.00. The largest absolute Gasteiger partial charge is 0.484 e. The summed E-state index contributed by atoms with van der Waals surface area (Å²) < 4.78 is 5.65. The molecule has 4 aliphatic carbocycles. The third-order valence-electron chi connectivity index (χ3n) is 7.31. The first-order valence-corrected chi connectivity index (χ1v) is 10.9. The van der Waals surface area contributed by atoms with Crippen molar-refractivity contribution in [1.82, 2.24) is 0 Å². The predicted molar refractivity (Wildman–Crippen MR) is 114 cm³/mol. The van der Waals surface area contributed by atoms with E-state index >= 15 is 0 Å². The highest BCUT2D eigenvalue weighted by Gasteiger charge is 2.51. The van der Waals surface area contributed by atoms with Crippen molar-refractivity contribution in [2.24, 2.45) is 17.8 Å². The number of amides is 1. The van der Waals surface area contributed by atoms with Gasteiger partial charge in [0.05, 0.1) is 11.3 Å². The van der Waals surface area contributed by atoms with E-state index in [0.29, 0.717) is 11.2 Å². The molecule has 4 bridgehead atoms. The topological polar surface area (TPSA) is 75.6 Å². The van der Waals surface area contributed by atoms with Crippen molar-refractivity contribution in [2.45, 2.75) is 43.9 Å². The molecule has 2 N–H and O–H groups in total. The Hall–Kier alpha value is -2.82. The first-order chi connectivity index (χ1) is 14.5. The Bertz CT molecular complexity index is 930. The standard InChI is InChI=1S/C25H27NO4/c27-23(26-22-4-2-1-3-21(22)24(28)29)15-30-20-7-5-19(6-8-20)25-12-16-9-17(13-25)11-18(10-16)14-25/h1-8,16-18H,9-15H2,(H,26,27)(H,28,29). The van der Waals surface area contributed by atoms with Crippen LogP contribution < -0.4 is 10.1 Å². The van der Waals surface area contributed by atoms with Crippen molar-refractivity contribution in [1.29, 1.82) is 0 Å². The molecule has 4 saturated carbocycles. The summed E-state index contributed by atoms with van der Waals surface area (Å²) in [4.78, 5) is 23.5. The Morgan fingerprint density at radius 3 is 2.13 bits per heavy atom. The lowest BCUT2D eigenvalue weighted by Crippen LogP contribution is -2.48. The Kier molecular flexibility index (Phi) is 4.76. The van der Waals surface area contributed by atoms with E-state index in [9.17, 15) is 14.7 Å². The third-order valence-corrected chi connectivity index (χ3v) is 7.31. The number of rotatable bonds is 6. The molecule has 4 fully saturated rings. The van der Waals surface area contributed by atoms with E-state index in [1.54, 1.807) is 18.2 Å². The summed E-state index contributed by atoms with van der Waals surface area (Å²) in [6.45, 7) is -0.162. The van der Waals surface area contributed by atoms with Crippen LogP contribution in [-0.4, -0.2) is 23.6 Å². The first kappa shape index (κ1) is 19.2. The zero-order chi connectivity index (χ0) is 20.7. The molecule has 0 aromatic heterocycles. The molecule has 0 heterocycles. The number of para-hydroxylation sites is 1. The summed E-state index contributed by atoms with van der Waals surface area (Å²) in [7, 11) is 0. The van der Waals surface area contributed by atoms with Crippen LogP contribution in [0, 0.1) is 17.8 Å². The van der Waals surface area contributed by atoms with E-state index in [2.05, 4.69) is 17.4 Å². The summed E-state index contributed by atoms with van der Waals surface area (Å²) in [5, 5.41) is 11.8. The molecule has 0 unspecified atom stereocenters. The molecule has 5 heteroatoms. The molecule has 0 aliphatic heterocycles. The van der Waals surface area contributed by atoms with Gasteiger partial charge < -0.3 is 15.2 Å². The van der Waals surface area contributed by atoms with Crippen molar-refractivity contribution in [2.75, 3.05) is 11.9 Å². The molecule has 156 valence electrons. The number of aromatic carboxylic acids is 1. The first-order valence-electron chi connectivity index (χ1n) is 10.9. The van der Waals surface area contributed by atoms with E-state index in [0.717, 1.165) is 17.8 Å². The number of anilines is 1. The lowest BCUT2D eigenvalue weighted by atomic mass is 9.48. The minimum Gasteiger partial charge on any atom is -0.484 e. The molecule has 2 aromatic carbocycles. The third kappa shape index (κ3) is 3.57. The summed E-state index contributed by atoms with van der Waals surface area (Å²) in [6.07, 6.45) is 8.27. The second kappa shape index (κ2) is 7.46. The molecular formula is C25H27NO4. The maximum absolute atomic E-state index is 12.2. The lowest BCUT2D eigenvalue weighted by Gasteiger charge is -2.57. The minimum absolute atomic E-state index is 0.0609. The van der Waals surface area contributed by atoms with Gasteiger partial charge in [-0.05, 0) is 91.5 Å². The Morgan fingerprint density at radius 1 is 0.933 bits per heavy atom. The van der Waals surface area contributed by atoms with Crippen LogP contribution in [0.5, 0.6) is 5.75 Å². The summed E-state index contributed by atoms with van der Waals surface area (Å²) >= 11 is 0. The molecule has 4 aliphatic rings. The van der Waals surface area contributed by atoms with Gasteiger partial charge in [0.15, 0.2) is 6.61 Å². The minimum atomic E-state index is -1.08. The van der Waals surface area contributed by atoms with Gasteiger partial charge >= 0.3 is 5.97 Å². The van der Waals surface area contributed by atoms with Crippen molar-refractivity contribution in [3.63, 3.8) is 0 Å². The number of ether oxygens (including phenoxy) is 1. The summed E-state index contributed by atoms with van der Waals surface area (Å²) in [6, 6.07) is 14.6. The van der Waals surface area contributed by atoms with E-state index < -0.39 is 5.97 Å². The second-order valence-electron chi connectivity index (χ2n) is 9.41. The SMILES string of the molecule is O=C(COc1ccc(C23CC4CC(CC(C4)C2)C3)cc1)Nc1ccccc1C(=O)O. The van der Waals surface area contributed by atoms with Gasteiger partial charge in [0.25, 0.3) is 5.91 Å². The van der Waals surface area contributed by atoms with Crippen molar-refractivity contribution in [3.05, 3.63) is 59.7 Å². The number of carboxylic acid groups (broad SMARTS) is 1. The second-order valence-corrected chi connectivity index (χ2v) is 9.41. The fraction of sp³-hybridized carbons (Fsp3) is 0.440. The molecule has 0 atom stereocenters. The van der Waals surface area contributed by atoms with Crippen LogP contribution in [0.2, 0.25) is 0 Å². The maximum atomic E-state index is 12.2. The number of benzene rings is 2. The quantitative estimate of drug-likeness (QED) is 0.719. The monoisotopic (exact) mass is 405 g/mol. The summed E-state index contributed by atoms with van der Waals surface area (Å²) in [5.41, 5.74) is 2.11. The molecule has 5 nitrogen and oxygen atoms in total. The van der Waals surface area contributed by atoms with E-state index in [4.69, 9.17) is 4.74 Å². The number of carbonyl (C=O) groups excluding carboxylic acids is 1. The van der Waals surface area contributed by atoms with Gasteiger partial charge in [-0.1, -0.05) is 24.3 Å². The highest BCUT2D eigenvalue weighted by Crippen LogP contribution is 2.60. The summed E-state index contributed by atoms with van der Waals surface area (Å²) in [5.74, 6) is 1.92. The van der Waals surface area contributed by atoms with Gasteiger partial charge in [-0.15, -0.1) is 0 Å². The lowest BCUT2D eigenvalue weighted by molar-refractivity contribution is -0.118. The van der Waals surface area contributed by atoms with Gasteiger partial charge in [-0.2, -0.15) is 0 Å². The number of hydrogen-bond acceptors (Lipinski definition) is 3. The van der Waals surface area contributed by atoms with Gasteiger partial charge in [0, 0.05) is 0 Å². The van der Waals surface area contributed by atoms with Crippen LogP contribution in [0.15, 0.2) is 48.5 Å². The predicted octanol–water partition coefficient (Wildman–Crippen LogP) is 4.87. The number of carbonyl (C=O) groups is 2. The Balaban J connectivity index is 1.21. The number of nitrogens with one attached hydrogen (secondary N) is 1. The average Bonchev–Trinajstić information content (AvgIpc) is 2.72. The molecule has 6 rings (SSSR count). The van der Waals surface area contributed by atoms with Crippen LogP contribution in [-0.2, 0) is 10.2 Å². The molecule has 30 heavy (non-hydrogen) atoms. The highest BCUT2D eigenvalue weighted by atomic mass is 16.5. The van der Waals surface area contributed by atoms with Crippen molar-refractivity contribution in [3.8, 4) is 5.75 Å². The smallest absolute Gasteiger partial charge is 0.337 e. The fourth-order valence-electron chi connectivity index (χ4n) is 6.48. The molecule has 2 aromatic rings. The Morgan fingerprint density at radius 2 is 1.53 bits per heavy atom.